The fourth-order valence-electron chi connectivity index (χ4n) is 4.10. The topological polar surface area (TPSA) is 40.0 Å². The van der Waals surface area contributed by atoms with Crippen LogP contribution >= 0.6 is 0 Å². The highest BCUT2D eigenvalue weighted by Crippen LogP contribution is 2.37. The van der Waals surface area contributed by atoms with E-state index in [-0.39, 0.29) is 0 Å². The number of hydrogen-bond acceptors (Lipinski definition) is 4. The Morgan fingerprint density at radius 3 is 2.36 bits per heavy atom. The van der Waals surface area contributed by atoms with Gasteiger partial charge in [-0.05, 0) is 93.5 Å². The minimum atomic E-state index is 0.700. The predicted octanol–water partition coefficient (Wildman–Crippen LogP) is 7.35. The smallest absolute Gasteiger partial charge is 0.0853 e. The Morgan fingerprint density at radius 2 is 1.73 bits per heavy atom. The summed E-state index contributed by atoms with van der Waals surface area (Å²) in [5.41, 5.74) is 8.10. The van der Waals surface area contributed by atoms with Gasteiger partial charge < -0.3 is 10.2 Å². The number of allylic oxidation sites excluding steroid dienone is 1. The minimum absolute atomic E-state index is 0.700. The Kier molecular flexibility index (Phi) is 9.29. The summed E-state index contributed by atoms with van der Waals surface area (Å²) < 4.78 is 0. The molecule has 3 rings (SSSR count). The van der Waals surface area contributed by atoms with Gasteiger partial charge in [0.2, 0.25) is 0 Å². The van der Waals surface area contributed by atoms with Crippen LogP contribution in [-0.2, 0) is 12.8 Å². The third kappa shape index (κ3) is 7.59. The van der Waals surface area contributed by atoms with Crippen LogP contribution in [0.15, 0.2) is 64.7 Å². The van der Waals surface area contributed by atoms with Crippen molar-refractivity contribution in [1.29, 1.82) is 0 Å². The summed E-state index contributed by atoms with van der Waals surface area (Å²) in [5, 5.41) is 3.46. The van der Waals surface area contributed by atoms with Gasteiger partial charge in [0, 0.05) is 24.5 Å². The van der Waals surface area contributed by atoms with Gasteiger partial charge in [0.1, 0.15) is 0 Å². The van der Waals surface area contributed by atoms with Gasteiger partial charge in [0.05, 0.1) is 23.6 Å². The largest absolute Gasteiger partial charge is 0.383 e. The van der Waals surface area contributed by atoms with E-state index in [1.807, 2.05) is 0 Å². The van der Waals surface area contributed by atoms with Crippen molar-refractivity contribution >= 4 is 29.5 Å². The summed E-state index contributed by atoms with van der Waals surface area (Å²) in [6, 6.07) is 15.1. The van der Waals surface area contributed by atoms with Crippen LogP contribution in [0.2, 0.25) is 0 Å². The molecule has 1 fully saturated rings. The standard InChI is InChI=1S/C29H40N4/c1-6-18-31-29-20-25(12-17-28(29)30-5)9-8-24-10-15-27(16-11-24)32-22(3)21-33(19-7-2)23(4)26-13-14-26/h10-12,15-17,20,26,31H,4-9,13-14,18-19,21H2,1-3H3. The Bertz CT molecular complexity index is 954. The van der Waals surface area contributed by atoms with Crippen molar-refractivity contribution in [3.63, 3.8) is 0 Å². The zero-order valence-corrected chi connectivity index (χ0v) is 20.7. The molecule has 0 heterocycles. The molecule has 1 aliphatic rings. The molecular weight excluding hydrogens is 404 g/mol. The first-order valence-electron chi connectivity index (χ1n) is 12.4. The number of aliphatic imine (C=N–C) groups is 2. The van der Waals surface area contributed by atoms with Crippen LogP contribution in [0.4, 0.5) is 17.1 Å². The van der Waals surface area contributed by atoms with Crippen molar-refractivity contribution in [3.05, 3.63) is 65.9 Å². The Balaban J connectivity index is 1.57. The van der Waals surface area contributed by atoms with Crippen LogP contribution < -0.4 is 5.32 Å². The van der Waals surface area contributed by atoms with E-state index >= 15 is 0 Å². The van der Waals surface area contributed by atoms with Crippen LogP contribution in [0.1, 0.15) is 57.6 Å². The number of hydrogen-bond donors (Lipinski definition) is 1. The van der Waals surface area contributed by atoms with E-state index in [2.05, 4.69) is 91.7 Å². The number of anilines is 1. The molecule has 33 heavy (non-hydrogen) atoms. The van der Waals surface area contributed by atoms with Crippen molar-refractivity contribution in [2.75, 3.05) is 25.0 Å². The van der Waals surface area contributed by atoms with Gasteiger partial charge in [-0.1, -0.05) is 38.6 Å². The summed E-state index contributed by atoms with van der Waals surface area (Å²) in [6.07, 6.45) is 6.81. The molecule has 0 aromatic heterocycles. The van der Waals surface area contributed by atoms with Crippen LogP contribution in [0.3, 0.4) is 0 Å². The van der Waals surface area contributed by atoms with Crippen molar-refractivity contribution in [1.82, 2.24) is 4.90 Å². The highest BCUT2D eigenvalue weighted by atomic mass is 15.1. The first kappa shape index (κ1) is 24.8. The molecule has 0 spiro atoms. The average Bonchev–Trinajstić information content (AvgIpc) is 3.67. The summed E-state index contributed by atoms with van der Waals surface area (Å²) in [4.78, 5) is 11.4. The molecule has 2 aromatic rings. The number of benzene rings is 2. The molecular formula is C29H40N4. The summed E-state index contributed by atoms with van der Waals surface area (Å²) in [6.45, 7) is 17.4. The lowest BCUT2D eigenvalue weighted by molar-refractivity contribution is 0.371. The zero-order chi connectivity index (χ0) is 23.6. The molecule has 0 aliphatic heterocycles. The van der Waals surface area contributed by atoms with E-state index in [9.17, 15) is 0 Å². The van der Waals surface area contributed by atoms with Crippen LogP contribution in [0, 0.1) is 5.92 Å². The Hall–Kier alpha value is -2.88. The van der Waals surface area contributed by atoms with Gasteiger partial charge in [-0.3, -0.25) is 9.98 Å². The molecule has 2 aromatic carbocycles. The van der Waals surface area contributed by atoms with Crippen molar-refractivity contribution in [2.45, 2.75) is 59.3 Å². The van der Waals surface area contributed by atoms with Gasteiger partial charge in [0.15, 0.2) is 0 Å². The first-order valence-corrected chi connectivity index (χ1v) is 12.4. The second kappa shape index (κ2) is 12.4. The highest BCUT2D eigenvalue weighted by molar-refractivity contribution is 5.86. The van der Waals surface area contributed by atoms with Crippen molar-refractivity contribution in [2.24, 2.45) is 15.9 Å². The van der Waals surface area contributed by atoms with Gasteiger partial charge >= 0.3 is 0 Å². The molecule has 0 bridgehead atoms. The molecule has 176 valence electrons. The maximum absolute atomic E-state index is 4.87. The number of nitrogens with zero attached hydrogens (tertiary/aromatic N) is 3. The highest BCUT2D eigenvalue weighted by Gasteiger charge is 2.27. The van der Waals surface area contributed by atoms with Crippen LogP contribution in [0.25, 0.3) is 0 Å². The quantitative estimate of drug-likeness (QED) is 0.309. The van der Waals surface area contributed by atoms with Crippen molar-refractivity contribution < 1.29 is 0 Å². The number of aryl methyl sites for hydroxylation is 2. The molecule has 4 nitrogen and oxygen atoms in total. The van der Waals surface area contributed by atoms with Gasteiger partial charge in [-0.2, -0.15) is 0 Å². The number of rotatable bonds is 14. The maximum atomic E-state index is 4.87. The lowest BCUT2D eigenvalue weighted by atomic mass is 10.0. The fraction of sp³-hybridized carbons (Fsp3) is 0.448. The molecule has 0 saturated heterocycles. The van der Waals surface area contributed by atoms with E-state index in [0.717, 1.165) is 68.1 Å². The number of nitrogens with one attached hydrogen (secondary N) is 1. The average molecular weight is 445 g/mol. The van der Waals surface area contributed by atoms with Gasteiger partial charge in [-0.25, -0.2) is 0 Å². The molecule has 0 atom stereocenters. The molecule has 0 amide bonds. The molecule has 1 aliphatic carbocycles. The van der Waals surface area contributed by atoms with Gasteiger partial charge in [0.25, 0.3) is 0 Å². The SMILES string of the molecule is C=Nc1ccc(CCc2ccc(N=C(C)CN(CCC)C(=C)C3CC3)cc2)cc1NCCC. The van der Waals surface area contributed by atoms with E-state index in [1.165, 1.54) is 29.7 Å². The molecule has 4 heteroatoms. The zero-order valence-electron chi connectivity index (χ0n) is 20.7. The monoisotopic (exact) mass is 444 g/mol. The lowest BCUT2D eigenvalue weighted by Crippen LogP contribution is -2.29. The summed E-state index contributed by atoms with van der Waals surface area (Å²) in [7, 11) is 0. The third-order valence-electron chi connectivity index (χ3n) is 6.12. The minimum Gasteiger partial charge on any atom is -0.383 e. The predicted molar refractivity (Wildman–Crippen MR) is 145 cm³/mol. The Labute approximate surface area is 200 Å². The first-order chi connectivity index (χ1) is 16.0. The van der Waals surface area contributed by atoms with Gasteiger partial charge in [-0.15, -0.1) is 0 Å². The summed E-state index contributed by atoms with van der Waals surface area (Å²) >= 11 is 0. The second-order valence-corrected chi connectivity index (χ2v) is 9.14. The molecule has 1 saturated carbocycles. The molecule has 0 radical (unpaired) electrons. The van der Waals surface area contributed by atoms with E-state index in [0.29, 0.717) is 5.92 Å². The van der Waals surface area contributed by atoms with Crippen LogP contribution in [0.5, 0.6) is 0 Å². The Morgan fingerprint density at radius 1 is 1.03 bits per heavy atom. The molecule has 1 N–H and O–H groups in total. The summed E-state index contributed by atoms with van der Waals surface area (Å²) in [5.74, 6) is 0.700. The normalized spacial score (nSPS) is 13.6. The molecule has 0 unspecified atom stereocenters. The van der Waals surface area contributed by atoms with Crippen molar-refractivity contribution in [3.8, 4) is 0 Å². The second-order valence-electron chi connectivity index (χ2n) is 9.14. The lowest BCUT2D eigenvalue weighted by Gasteiger charge is -2.26. The fourth-order valence-corrected chi connectivity index (χ4v) is 4.10. The van der Waals surface area contributed by atoms with E-state index in [1.54, 1.807) is 0 Å². The maximum Gasteiger partial charge on any atom is 0.0853 e. The van der Waals surface area contributed by atoms with Crippen LogP contribution in [-0.4, -0.2) is 37.0 Å². The van der Waals surface area contributed by atoms with E-state index < -0.39 is 0 Å². The third-order valence-corrected chi connectivity index (χ3v) is 6.12. The van der Waals surface area contributed by atoms with E-state index in [4.69, 9.17) is 4.99 Å².